The molecule has 2 amide bonds. The highest BCUT2D eigenvalue weighted by Crippen LogP contribution is 2.35. The zero-order valence-corrected chi connectivity index (χ0v) is 23.4. The lowest BCUT2D eigenvalue weighted by Crippen LogP contribution is -2.49. The molecule has 2 aliphatic rings. The first-order chi connectivity index (χ1) is 18.8. The van der Waals surface area contributed by atoms with E-state index in [0.717, 1.165) is 11.3 Å². The van der Waals surface area contributed by atoms with E-state index in [-0.39, 0.29) is 42.4 Å². The Morgan fingerprint density at radius 2 is 1.92 bits per heavy atom. The Balaban J connectivity index is 1.61. The van der Waals surface area contributed by atoms with Crippen molar-refractivity contribution in [2.45, 2.75) is 45.4 Å². The lowest BCUT2D eigenvalue weighted by Gasteiger charge is -2.38. The topological polar surface area (TPSA) is 101 Å². The molecule has 9 heteroatoms. The van der Waals surface area contributed by atoms with Crippen LogP contribution in [0.25, 0.3) is 0 Å². The van der Waals surface area contributed by atoms with Gasteiger partial charge in [0.05, 0.1) is 31.0 Å². The average Bonchev–Trinajstić information content (AvgIpc) is 2.95. The summed E-state index contributed by atoms with van der Waals surface area (Å²) in [6.07, 6.45) is 1.06. The summed E-state index contributed by atoms with van der Waals surface area (Å²) in [4.78, 5) is 30.7. The van der Waals surface area contributed by atoms with Crippen molar-refractivity contribution in [3.8, 4) is 11.5 Å². The molecule has 0 bridgehead atoms. The molecule has 2 aromatic rings. The third kappa shape index (κ3) is 7.09. The van der Waals surface area contributed by atoms with Crippen molar-refractivity contribution >= 4 is 17.5 Å². The standard InChI is InChI=1S/C30H41N3O6/c1-20-16-33(21(2)19-34)30(36)25-6-5-7-26(31-29(35)23-12-14-38-15-13-23)28(25)39-27(20)18-32(3)17-22-8-10-24(37-4)11-9-22/h5-11,20-21,23,27,34H,12-19H2,1-4H3,(H,31,35)/t20-,21+,27+/m1/s1. The smallest absolute Gasteiger partial charge is 0.258 e. The van der Waals surface area contributed by atoms with Crippen LogP contribution in [0.1, 0.15) is 42.6 Å². The van der Waals surface area contributed by atoms with Crippen molar-refractivity contribution in [3.63, 3.8) is 0 Å². The number of hydrogen-bond donors (Lipinski definition) is 2. The van der Waals surface area contributed by atoms with Gasteiger partial charge >= 0.3 is 0 Å². The lowest BCUT2D eigenvalue weighted by molar-refractivity contribution is -0.122. The van der Waals surface area contributed by atoms with Gasteiger partial charge in [0.1, 0.15) is 11.9 Å². The fraction of sp³-hybridized carbons (Fsp3) is 0.533. The normalized spacial score (nSPS) is 21.0. The number of nitrogens with zero attached hydrogens (tertiary/aromatic N) is 2. The van der Waals surface area contributed by atoms with E-state index in [1.165, 1.54) is 0 Å². The monoisotopic (exact) mass is 539 g/mol. The fourth-order valence-corrected chi connectivity index (χ4v) is 5.17. The molecule has 2 heterocycles. The van der Waals surface area contributed by atoms with Gasteiger partial charge in [-0.2, -0.15) is 0 Å². The molecule has 3 atom stereocenters. The molecule has 9 nitrogen and oxygen atoms in total. The molecule has 2 aromatic carbocycles. The van der Waals surface area contributed by atoms with Crippen molar-refractivity contribution < 1.29 is 28.9 Å². The first-order valence-electron chi connectivity index (χ1n) is 13.7. The van der Waals surface area contributed by atoms with Crippen LogP contribution in [0, 0.1) is 11.8 Å². The van der Waals surface area contributed by atoms with E-state index in [0.29, 0.717) is 62.7 Å². The van der Waals surface area contributed by atoms with Crippen LogP contribution in [0.2, 0.25) is 0 Å². The maximum atomic E-state index is 13.7. The predicted octanol–water partition coefficient (Wildman–Crippen LogP) is 3.41. The second kappa shape index (κ2) is 13.3. The van der Waals surface area contributed by atoms with E-state index in [1.807, 2.05) is 38.2 Å². The van der Waals surface area contributed by atoms with E-state index < -0.39 is 0 Å². The third-order valence-corrected chi connectivity index (χ3v) is 7.64. The van der Waals surface area contributed by atoms with Gasteiger partial charge in [0, 0.05) is 44.7 Å². The second-order valence-electron chi connectivity index (χ2n) is 10.7. The van der Waals surface area contributed by atoms with Crippen LogP contribution in [0.15, 0.2) is 42.5 Å². The number of carbonyl (C=O) groups is 2. The molecule has 1 saturated heterocycles. The zero-order chi connectivity index (χ0) is 27.9. The number of carbonyl (C=O) groups excluding carboxylic acids is 2. The van der Waals surface area contributed by atoms with Crippen LogP contribution >= 0.6 is 0 Å². The molecule has 0 spiro atoms. The Morgan fingerprint density at radius 3 is 2.59 bits per heavy atom. The largest absolute Gasteiger partial charge is 0.497 e. The fourth-order valence-electron chi connectivity index (χ4n) is 5.17. The number of fused-ring (bicyclic) bond motifs is 1. The number of methoxy groups -OCH3 is 1. The molecule has 4 rings (SSSR count). The Labute approximate surface area is 231 Å². The van der Waals surface area contributed by atoms with Crippen LogP contribution in [0.5, 0.6) is 11.5 Å². The summed E-state index contributed by atoms with van der Waals surface area (Å²) in [5.74, 6) is 0.710. The average molecular weight is 540 g/mol. The number of hydrogen-bond acceptors (Lipinski definition) is 7. The van der Waals surface area contributed by atoms with Crippen LogP contribution in [0.4, 0.5) is 5.69 Å². The Hall–Kier alpha value is -3.14. The van der Waals surface area contributed by atoms with E-state index in [9.17, 15) is 14.7 Å². The maximum absolute atomic E-state index is 13.7. The first-order valence-corrected chi connectivity index (χ1v) is 13.7. The Bertz CT molecular complexity index is 1120. The van der Waals surface area contributed by atoms with Crippen LogP contribution in [-0.2, 0) is 16.1 Å². The van der Waals surface area contributed by atoms with Crippen molar-refractivity contribution in [2.75, 3.05) is 52.4 Å². The number of aliphatic hydroxyl groups excluding tert-OH is 1. The van der Waals surface area contributed by atoms with E-state index in [4.69, 9.17) is 14.2 Å². The highest BCUT2D eigenvalue weighted by atomic mass is 16.5. The minimum Gasteiger partial charge on any atom is -0.497 e. The van der Waals surface area contributed by atoms with Gasteiger partial charge in [0.2, 0.25) is 5.91 Å². The third-order valence-electron chi connectivity index (χ3n) is 7.64. The van der Waals surface area contributed by atoms with Gasteiger partial charge in [0.15, 0.2) is 5.75 Å². The molecule has 0 aromatic heterocycles. The molecule has 0 aliphatic carbocycles. The lowest BCUT2D eigenvalue weighted by atomic mass is 9.98. The maximum Gasteiger partial charge on any atom is 0.258 e. The summed E-state index contributed by atoms with van der Waals surface area (Å²) in [5, 5.41) is 13.0. The molecular formula is C30H41N3O6. The zero-order valence-electron chi connectivity index (χ0n) is 23.4. The van der Waals surface area contributed by atoms with Gasteiger partial charge in [-0.05, 0) is 56.6 Å². The minimum atomic E-state index is -0.357. The number of anilines is 1. The molecule has 1 fully saturated rings. The molecule has 2 aliphatic heterocycles. The predicted molar refractivity (Wildman–Crippen MR) is 149 cm³/mol. The summed E-state index contributed by atoms with van der Waals surface area (Å²) in [5.41, 5.74) is 2.02. The molecule has 212 valence electrons. The number of aliphatic hydroxyl groups is 1. The van der Waals surface area contributed by atoms with E-state index >= 15 is 0 Å². The molecule has 0 saturated carbocycles. The van der Waals surface area contributed by atoms with Gasteiger partial charge in [-0.3, -0.25) is 14.5 Å². The highest BCUT2D eigenvalue weighted by Gasteiger charge is 2.35. The SMILES string of the molecule is COc1ccc(CN(C)C[C@@H]2Oc3c(NC(=O)C4CCOCC4)cccc3C(=O)N([C@@H](C)CO)C[C@H]2C)cc1. The Kier molecular flexibility index (Phi) is 9.83. The van der Waals surface area contributed by atoms with Crippen LogP contribution in [0.3, 0.4) is 0 Å². The highest BCUT2D eigenvalue weighted by molar-refractivity contribution is 6.02. The number of rotatable bonds is 9. The molecule has 2 N–H and O–H groups in total. The van der Waals surface area contributed by atoms with Crippen LogP contribution < -0.4 is 14.8 Å². The molecule has 0 radical (unpaired) electrons. The van der Waals surface area contributed by atoms with Gasteiger partial charge in [-0.1, -0.05) is 25.1 Å². The van der Waals surface area contributed by atoms with Crippen molar-refractivity contribution in [3.05, 3.63) is 53.6 Å². The van der Waals surface area contributed by atoms with Gasteiger partial charge in [-0.15, -0.1) is 0 Å². The molecule has 0 unspecified atom stereocenters. The summed E-state index contributed by atoms with van der Waals surface area (Å²) in [7, 11) is 3.69. The number of benzene rings is 2. The second-order valence-corrected chi connectivity index (χ2v) is 10.7. The number of likely N-dealkylation sites (N-methyl/N-ethyl adjacent to an activating group) is 1. The molecular weight excluding hydrogens is 498 g/mol. The van der Waals surface area contributed by atoms with Gasteiger partial charge < -0.3 is 29.5 Å². The number of para-hydroxylation sites is 1. The van der Waals surface area contributed by atoms with Crippen LogP contribution in [-0.4, -0.2) is 85.9 Å². The minimum absolute atomic E-state index is 0.0336. The van der Waals surface area contributed by atoms with E-state index in [1.54, 1.807) is 30.2 Å². The quantitative estimate of drug-likeness (QED) is 0.504. The Morgan fingerprint density at radius 1 is 1.21 bits per heavy atom. The van der Waals surface area contributed by atoms with Crippen molar-refractivity contribution in [1.82, 2.24) is 9.80 Å². The van der Waals surface area contributed by atoms with Crippen molar-refractivity contribution in [2.24, 2.45) is 11.8 Å². The first kappa shape index (κ1) is 28.9. The molecule has 39 heavy (non-hydrogen) atoms. The number of ether oxygens (including phenoxy) is 3. The van der Waals surface area contributed by atoms with E-state index in [2.05, 4.69) is 17.1 Å². The summed E-state index contributed by atoms with van der Waals surface area (Å²) in [6, 6.07) is 12.9. The summed E-state index contributed by atoms with van der Waals surface area (Å²) < 4.78 is 17.3. The number of nitrogens with one attached hydrogen (secondary N) is 1. The van der Waals surface area contributed by atoms with Gasteiger partial charge in [-0.25, -0.2) is 0 Å². The van der Waals surface area contributed by atoms with Crippen molar-refractivity contribution in [1.29, 1.82) is 0 Å². The summed E-state index contributed by atoms with van der Waals surface area (Å²) >= 11 is 0. The number of amides is 2. The van der Waals surface area contributed by atoms with Gasteiger partial charge in [0.25, 0.3) is 5.91 Å². The summed E-state index contributed by atoms with van der Waals surface area (Å²) in [6.45, 7) is 6.64.